The average molecular weight is 240 g/mol. The third-order valence-electron chi connectivity index (χ3n) is 2.78. The van der Waals surface area contributed by atoms with E-state index in [4.69, 9.17) is 10.6 Å². The molecule has 0 amide bonds. The molecule has 1 aromatic heterocycles. The highest BCUT2D eigenvalue weighted by Crippen LogP contribution is 2.37. The van der Waals surface area contributed by atoms with Crippen LogP contribution >= 0.6 is 11.3 Å². The van der Waals surface area contributed by atoms with Crippen LogP contribution in [0.3, 0.4) is 0 Å². The Morgan fingerprint density at radius 1 is 1.50 bits per heavy atom. The molecule has 3 N–H and O–H groups in total. The van der Waals surface area contributed by atoms with Crippen molar-refractivity contribution < 1.29 is 9.53 Å². The van der Waals surface area contributed by atoms with E-state index < -0.39 is 0 Å². The third kappa shape index (κ3) is 1.92. The number of nitrogens with two attached hydrogens (primary N) is 1. The molecule has 0 radical (unpaired) electrons. The van der Waals surface area contributed by atoms with E-state index in [0.29, 0.717) is 12.2 Å². The average Bonchev–Trinajstić information content (AvgIpc) is 2.67. The van der Waals surface area contributed by atoms with Crippen molar-refractivity contribution >= 4 is 22.3 Å². The van der Waals surface area contributed by atoms with E-state index in [9.17, 15) is 4.79 Å². The quantitative estimate of drug-likeness (QED) is 0.482. The second-order valence-electron chi connectivity index (χ2n) is 3.78. The Balaban J connectivity index is 2.40. The van der Waals surface area contributed by atoms with Crippen molar-refractivity contribution in [2.24, 2.45) is 5.84 Å². The topological polar surface area (TPSA) is 64.3 Å². The van der Waals surface area contributed by atoms with Crippen molar-refractivity contribution in [3.63, 3.8) is 0 Å². The van der Waals surface area contributed by atoms with E-state index in [1.807, 2.05) is 6.92 Å². The summed E-state index contributed by atoms with van der Waals surface area (Å²) < 4.78 is 5.07. The van der Waals surface area contributed by atoms with Gasteiger partial charge >= 0.3 is 5.97 Å². The fourth-order valence-corrected chi connectivity index (χ4v) is 3.27. The van der Waals surface area contributed by atoms with Gasteiger partial charge in [0.2, 0.25) is 0 Å². The number of nitrogens with one attached hydrogen (secondary N) is 1. The Kier molecular flexibility index (Phi) is 3.46. The molecule has 5 heteroatoms. The van der Waals surface area contributed by atoms with Crippen LogP contribution in [0.4, 0.5) is 5.00 Å². The summed E-state index contributed by atoms with van der Waals surface area (Å²) >= 11 is 1.58. The Bertz CT molecular complexity index is 401. The lowest BCUT2D eigenvalue weighted by Gasteiger charge is -2.12. The molecule has 0 spiro atoms. The molecule has 0 fully saturated rings. The number of hydrogen-bond acceptors (Lipinski definition) is 5. The predicted molar refractivity (Wildman–Crippen MR) is 64.7 cm³/mol. The standard InChI is InChI=1S/C11H16N2O2S/c1-2-15-11(14)9-7-5-3-4-6-8(7)16-10(9)13-12/h13H,2-6,12H2,1H3. The van der Waals surface area contributed by atoms with Crippen molar-refractivity contribution in [1.29, 1.82) is 0 Å². The van der Waals surface area contributed by atoms with E-state index in [2.05, 4.69) is 5.43 Å². The molecule has 0 unspecified atom stereocenters. The van der Waals surface area contributed by atoms with Crippen LogP contribution in [0.25, 0.3) is 0 Å². The van der Waals surface area contributed by atoms with Gasteiger partial charge in [-0.3, -0.25) is 0 Å². The van der Waals surface area contributed by atoms with Crippen LogP contribution in [0.1, 0.15) is 40.6 Å². The summed E-state index contributed by atoms with van der Waals surface area (Å²) in [7, 11) is 0. The molecule has 4 nitrogen and oxygen atoms in total. The van der Waals surface area contributed by atoms with E-state index in [-0.39, 0.29) is 5.97 Å². The highest BCUT2D eigenvalue weighted by Gasteiger charge is 2.25. The zero-order valence-corrected chi connectivity index (χ0v) is 10.2. The second kappa shape index (κ2) is 4.84. The number of hydrogen-bond donors (Lipinski definition) is 2. The number of carbonyl (C=O) groups excluding carboxylic acids is 1. The van der Waals surface area contributed by atoms with Crippen LogP contribution in [-0.2, 0) is 17.6 Å². The summed E-state index contributed by atoms with van der Waals surface area (Å²) in [6.45, 7) is 2.21. The fourth-order valence-electron chi connectivity index (χ4n) is 2.09. The van der Waals surface area contributed by atoms with Gasteiger partial charge in [-0.1, -0.05) is 0 Å². The molecule has 0 saturated heterocycles. The minimum Gasteiger partial charge on any atom is -0.462 e. The summed E-state index contributed by atoms with van der Waals surface area (Å²) in [5, 5.41) is 0.741. The van der Waals surface area contributed by atoms with Gasteiger partial charge < -0.3 is 10.2 Å². The first-order chi connectivity index (χ1) is 7.77. The summed E-state index contributed by atoms with van der Waals surface area (Å²) in [6, 6.07) is 0. The maximum atomic E-state index is 11.8. The molecule has 1 aromatic rings. The van der Waals surface area contributed by atoms with E-state index >= 15 is 0 Å². The molecule has 0 saturated carbocycles. The van der Waals surface area contributed by atoms with Gasteiger partial charge in [-0.25, -0.2) is 10.6 Å². The van der Waals surface area contributed by atoms with Crippen LogP contribution in [0.15, 0.2) is 0 Å². The van der Waals surface area contributed by atoms with Gasteiger partial charge in [0, 0.05) is 4.88 Å². The van der Waals surface area contributed by atoms with Gasteiger partial charge in [-0.15, -0.1) is 11.3 Å². The number of rotatable bonds is 3. The van der Waals surface area contributed by atoms with Crippen molar-refractivity contribution in [2.75, 3.05) is 12.0 Å². The molecule has 2 rings (SSSR count). The van der Waals surface area contributed by atoms with Crippen molar-refractivity contribution in [1.82, 2.24) is 0 Å². The van der Waals surface area contributed by atoms with E-state index in [0.717, 1.165) is 29.8 Å². The normalized spacial score (nSPS) is 14.4. The van der Waals surface area contributed by atoms with Crippen molar-refractivity contribution in [3.05, 3.63) is 16.0 Å². The van der Waals surface area contributed by atoms with E-state index in [1.54, 1.807) is 11.3 Å². The first-order valence-corrected chi connectivity index (χ1v) is 6.37. The molecule has 0 atom stereocenters. The Hall–Kier alpha value is -1.07. The van der Waals surface area contributed by atoms with Crippen LogP contribution < -0.4 is 11.3 Å². The summed E-state index contributed by atoms with van der Waals surface area (Å²) in [6.07, 6.45) is 4.34. The van der Waals surface area contributed by atoms with Crippen LogP contribution in [0.5, 0.6) is 0 Å². The number of thiophene rings is 1. The number of fused-ring (bicyclic) bond motifs is 1. The molecule has 0 aromatic carbocycles. The molecule has 16 heavy (non-hydrogen) atoms. The van der Waals surface area contributed by atoms with Crippen molar-refractivity contribution in [2.45, 2.75) is 32.6 Å². The maximum absolute atomic E-state index is 11.8. The second-order valence-corrected chi connectivity index (χ2v) is 4.89. The predicted octanol–water partition coefficient (Wildman–Crippen LogP) is 2.09. The first-order valence-electron chi connectivity index (χ1n) is 5.56. The van der Waals surface area contributed by atoms with Gasteiger partial charge in [-0.2, -0.15) is 0 Å². The number of esters is 1. The minimum atomic E-state index is -0.255. The molecule has 1 heterocycles. The number of ether oxygens (including phenoxy) is 1. The molecule has 0 aliphatic heterocycles. The fraction of sp³-hybridized carbons (Fsp3) is 0.545. The molecular weight excluding hydrogens is 224 g/mol. The Labute approximate surface area is 98.8 Å². The molecule has 88 valence electrons. The number of aryl methyl sites for hydroxylation is 1. The maximum Gasteiger partial charge on any atom is 0.341 e. The highest BCUT2D eigenvalue weighted by atomic mass is 32.1. The van der Waals surface area contributed by atoms with Gasteiger partial charge in [0.15, 0.2) is 0 Å². The number of carbonyl (C=O) groups is 1. The van der Waals surface area contributed by atoms with Crippen LogP contribution in [0, 0.1) is 0 Å². The van der Waals surface area contributed by atoms with E-state index in [1.165, 1.54) is 11.3 Å². The van der Waals surface area contributed by atoms with Crippen LogP contribution in [0.2, 0.25) is 0 Å². The SMILES string of the molecule is CCOC(=O)c1c(NN)sc2c1CCCC2. The third-order valence-corrected chi connectivity index (χ3v) is 4.00. The van der Waals surface area contributed by atoms with Gasteiger partial charge in [0.25, 0.3) is 0 Å². The number of nitrogen functional groups attached to an aromatic ring is 1. The summed E-state index contributed by atoms with van der Waals surface area (Å²) in [5.41, 5.74) is 4.41. The Morgan fingerprint density at radius 3 is 2.94 bits per heavy atom. The minimum absolute atomic E-state index is 0.255. The molecule has 0 bridgehead atoms. The van der Waals surface area contributed by atoms with Gasteiger partial charge in [-0.05, 0) is 38.2 Å². The molecule has 1 aliphatic rings. The van der Waals surface area contributed by atoms with Gasteiger partial charge in [0.1, 0.15) is 5.00 Å². The summed E-state index contributed by atoms with van der Waals surface area (Å²) in [4.78, 5) is 13.1. The lowest BCUT2D eigenvalue weighted by atomic mass is 9.95. The van der Waals surface area contributed by atoms with Gasteiger partial charge in [0.05, 0.1) is 12.2 Å². The monoisotopic (exact) mass is 240 g/mol. The lowest BCUT2D eigenvalue weighted by Crippen LogP contribution is -2.14. The highest BCUT2D eigenvalue weighted by molar-refractivity contribution is 7.16. The number of anilines is 1. The largest absolute Gasteiger partial charge is 0.462 e. The smallest absolute Gasteiger partial charge is 0.341 e. The summed E-state index contributed by atoms with van der Waals surface area (Å²) in [5.74, 6) is 5.19. The van der Waals surface area contributed by atoms with Crippen LogP contribution in [-0.4, -0.2) is 12.6 Å². The molecular formula is C11H16N2O2S. The lowest BCUT2D eigenvalue weighted by molar-refractivity contribution is 0.0526. The zero-order chi connectivity index (χ0) is 11.5. The Morgan fingerprint density at radius 2 is 2.25 bits per heavy atom. The zero-order valence-electron chi connectivity index (χ0n) is 9.34. The first kappa shape index (κ1) is 11.4. The number of hydrazine groups is 1. The van der Waals surface area contributed by atoms with Crippen molar-refractivity contribution in [3.8, 4) is 0 Å². The molecule has 1 aliphatic carbocycles.